The van der Waals surface area contributed by atoms with Gasteiger partial charge in [0.05, 0.1) is 6.04 Å². The minimum atomic E-state index is -0.0874. The number of nitrogens with one attached hydrogen (secondary N) is 1. The number of piperidine rings is 1. The Bertz CT molecular complexity index is 1130. The quantitative estimate of drug-likeness (QED) is 0.573. The Morgan fingerprint density at radius 3 is 2.39 bits per heavy atom. The van der Waals surface area contributed by atoms with Gasteiger partial charge in [-0.2, -0.15) is 0 Å². The van der Waals surface area contributed by atoms with Crippen LogP contribution in [-0.2, 0) is 4.79 Å². The maximum absolute atomic E-state index is 13.2. The second-order valence-electron chi connectivity index (χ2n) is 8.84. The number of nitrogens with zero attached hydrogens (tertiary/aromatic N) is 2. The molecule has 1 heterocycles. The van der Waals surface area contributed by atoms with E-state index in [-0.39, 0.29) is 23.8 Å². The minimum Gasteiger partial charge on any atom is -0.354 e. The van der Waals surface area contributed by atoms with Crippen LogP contribution in [0.5, 0.6) is 0 Å². The summed E-state index contributed by atoms with van der Waals surface area (Å²) in [5.41, 5.74) is 1.73. The summed E-state index contributed by atoms with van der Waals surface area (Å²) in [4.78, 5) is 30.0. The molecule has 6 heteroatoms. The monoisotopic (exact) mass is 463 g/mol. The fourth-order valence-corrected chi connectivity index (χ4v) is 4.85. The van der Waals surface area contributed by atoms with Gasteiger partial charge in [-0.3, -0.25) is 9.59 Å². The summed E-state index contributed by atoms with van der Waals surface area (Å²) in [7, 11) is 3.97. The Morgan fingerprint density at radius 2 is 1.67 bits per heavy atom. The Hall–Kier alpha value is -2.89. The van der Waals surface area contributed by atoms with E-state index >= 15 is 0 Å². The molecule has 4 rings (SSSR count). The fraction of sp³-hybridized carbons (Fsp3) is 0.333. The minimum absolute atomic E-state index is 0.00400. The Balaban J connectivity index is 1.35. The summed E-state index contributed by atoms with van der Waals surface area (Å²) < 4.78 is 0. The van der Waals surface area contributed by atoms with Crippen molar-refractivity contribution in [2.45, 2.75) is 18.9 Å². The molecule has 0 spiro atoms. The third-order valence-corrected chi connectivity index (χ3v) is 6.87. The molecule has 2 amide bonds. The number of carbonyl (C=O) groups is 2. The summed E-state index contributed by atoms with van der Waals surface area (Å²) in [5, 5.41) is 5.85. The van der Waals surface area contributed by atoms with E-state index in [1.807, 2.05) is 85.7 Å². The highest BCUT2D eigenvalue weighted by molar-refractivity contribution is 6.31. The van der Waals surface area contributed by atoms with Crippen molar-refractivity contribution in [2.24, 2.45) is 5.92 Å². The van der Waals surface area contributed by atoms with E-state index in [0.717, 1.165) is 21.9 Å². The molecule has 1 unspecified atom stereocenters. The summed E-state index contributed by atoms with van der Waals surface area (Å²) in [6.45, 7) is 1.66. The van der Waals surface area contributed by atoms with Gasteiger partial charge in [0.15, 0.2) is 0 Å². The number of fused-ring (bicyclic) bond motifs is 1. The van der Waals surface area contributed by atoms with Gasteiger partial charge >= 0.3 is 0 Å². The lowest BCUT2D eigenvalue weighted by Gasteiger charge is -2.32. The molecule has 1 aliphatic rings. The molecule has 3 aromatic rings. The maximum atomic E-state index is 13.2. The number of halogens is 1. The van der Waals surface area contributed by atoms with Crippen LogP contribution in [0.3, 0.4) is 0 Å². The number of hydrogen-bond donors (Lipinski definition) is 1. The van der Waals surface area contributed by atoms with Crippen LogP contribution in [0.2, 0.25) is 5.02 Å². The Labute approximate surface area is 200 Å². The summed E-state index contributed by atoms with van der Waals surface area (Å²) >= 11 is 6.38. The molecule has 0 aromatic heterocycles. The summed E-state index contributed by atoms with van der Waals surface area (Å²) in [6.07, 6.45) is 1.34. The summed E-state index contributed by atoms with van der Waals surface area (Å²) in [6, 6.07) is 21.5. The van der Waals surface area contributed by atoms with Crippen LogP contribution >= 0.6 is 11.6 Å². The molecule has 0 saturated carbocycles. The predicted molar refractivity (Wildman–Crippen MR) is 133 cm³/mol. The van der Waals surface area contributed by atoms with E-state index in [2.05, 4.69) is 10.2 Å². The van der Waals surface area contributed by atoms with Crippen molar-refractivity contribution in [3.63, 3.8) is 0 Å². The lowest BCUT2D eigenvalue weighted by Crippen LogP contribution is -2.44. The number of hydrogen-bond acceptors (Lipinski definition) is 3. The second-order valence-corrected chi connectivity index (χ2v) is 9.25. The van der Waals surface area contributed by atoms with Crippen LogP contribution in [0.25, 0.3) is 10.8 Å². The van der Waals surface area contributed by atoms with Crippen molar-refractivity contribution in [3.8, 4) is 0 Å². The van der Waals surface area contributed by atoms with E-state index in [0.29, 0.717) is 37.5 Å². The van der Waals surface area contributed by atoms with Crippen molar-refractivity contribution in [2.75, 3.05) is 33.7 Å². The van der Waals surface area contributed by atoms with Crippen molar-refractivity contribution in [1.29, 1.82) is 0 Å². The molecule has 1 atom stereocenters. The Kier molecular flexibility index (Phi) is 7.31. The highest BCUT2D eigenvalue weighted by Crippen LogP contribution is 2.27. The van der Waals surface area contributed by atoms with Crippen LogP contribution in [0.4, 0.5) is 0 Å². The van der Waals surface area contributed by atoms with Gasteiger partial charge < -0.3 is 15.1 Å². The first-order valence-electron chi connectivity index (χ1n) is 11.4. The topological polar surface area (TPSA) is 52.7 Å². The number of amides is 2. The first kappa shape index (κ1) is 23.3. The number of carbonyl (C=O) groups excluding carboxylic acids is 2. The molecule has 1 N–H and O–H groups in total. The zero-order valence-corrected chi connectivity index (χ0v) is 19.9. The first-order chi connectivity index (χ1) is 16.0. The van der Waals surface area contributed by atoms with Crippen LogP contribution in [0.15, 0.2) is 66.7 Å². The second kappa shape index (κ2) is 10.4. The number of likely N-dealkylation sites (N-methyl/N-ethyl adjacent to an activating group) is 1. The van der Waals surface area contributed by atoms with Crippen molar-refractivity contribution < 1.29 is 9.59 Å². The third-order valence-electron chi connectivity index (χ3n) is 6.53. The van der Waals surface area contributed by atoms with Crippen LogP contribution in [0, 0.1) is 5.92 Å². The van der Waals surface area contributed by atoms with Gasteiger partial charge in [-0.1, -0.05) is 66.2 Å². The lowest BCUT2D eigenvalue weighted by molar-refractivity contribution is -0.126. The maximum Gasteiger partial charge on any atom is 0.254 e. The molecule has 1 saturated heterocycles. The average Bonchev–Trinajstić information content (AvgIpc) is 2.84. The normalized spacial score (nSPS) is 15.6. The largest absolute Gasteiger partial charge is 0.354 e. The molecule has 5 nitrogen and oxygen atoms in total. The van der Waals surface area contributed by atoms with E-state index in [9.17, 15) is 9.59 Å². The molecule has 3 aromatic carbocycles. The van der Waals surface area contributed by atoms with E-state index < -0.39 is 0 Å². The van der Waals surface area contributed by atoms with Gasteiger partial charge in [0, 0.05) is 36.1 Å². The van der Waals surface area contributed by atoms with Gasteiger partial charge in [-0.15, -0.1) is 0 Å². The smallest absolute Gasteiger partial charge is 0.254 e. The van der Waals surface area contributed by atoms with E-state index in [4.69, 9.17) is 11.6 Å². The van der Waals surface area contributed by atoms with Crippen molar-refractivity contribution >= 4 is 34.2 Å². The number of likely N-dealkylation sites (tertiary alicyclic amines) is 1. The van der Waals surface area contributed by atoms with Crippen LogP contribution < -0.4 is 5.32 Å². The van der Waals surface area contributed by atoms with Gasteiger partial charge in [-0.25, -0.2) is 0 Å². The number of benzene rings is 3. The zero-order chi connectivity index (χ0) is 23.4. The average molecular weight is 464 g/mol. The molecule has 1 fully saturated rings. The van der Waals surface area contributed by atoms with Crippen molar-refractivity contribution in [3.05, 3.63) is 82.9 Å². The highest BCUT2D eigenvalue weighted by Gasteiger charge is 2.29. The summed E-state index contributed by atoms with van der Waals surface area (Å²) in [5.74, 6) is -0.00108. The zero-order valence-electron chi connectivity index (χ0n) is 19.1. The standard InChI is InChI=1S/C27H30ClN3O2/c1-30(2)25(23-11-5-6-13-24(23)28)18-29-26(32)20-14-16-31(17-15-20)27(33)22-12-7-9-19-8-3-4-10-21(19)22/h3-13,20,25H,14-18H2,1-2H3,(H,29,32). The van der Waals surface area contributed by atoms with Gasteiger partial charge in [-0.05, 0) is 55.4 Å². The van der Waals surface area contributed by atoms with Gasteiger partial charge in [0.25, 0.3) is 5.91 Å². The van der Waals surface area contributed by atoms with Crippen LogP contribution in [0.1, 0.15) is 34.8 Å². The van der Waals surface area contributed by atoms with Gasteiger partial charge in [0.2, 0.25) is 5.91 Å². The van der Waals surface area contributed by atoms with Crippen LogP contribution in [-0.4, -0.2) is 55.3 Å². The first-order valence-corrected chi connectivity index (χ1v) is 11.8. The van der Waals surface area contributed by atoms with Crippen molar-refractivity contribution in [1.82, 2.24) is 15.1 Å². The fourth-order valence-electron chi connectivity index (χ4n) is 4.58. The SMILES string of the molecule is CN(C)C(CNC(=O)C1CCN(C(=O)c2cccc3ccccc23)CC1)c1ccccc1Cl. The molecular weight excluding hydrogens is 434 g/mol. The third kappa shape index (κ3) is 5.21. The Morgan fingerprint density at radius 1 is 1.00 bits per heavy atom. The highest BCUT2D eigenvalue weighted by atomic mass is 35.5. The molecule has 0 radical (unpaired) electrons. The molecule has 1 aliphatic heterocycles. The molecule has 33 heavy (non-hydrogen) atoms. The van der Waals surface area contributed by atoms with E-state index in [1.165, 1.54) is 0 Å². The lowest BCUT2D eigenvalue weighted by atomic mass is 9.94. The predicted octanol–water partition coefficient (Wildman–Crippen LogP) is 4.76. The molecule has 0 bridgehead atoms. The van der Waals surface area contributed by atoms with Gasteiger partial charge in [0.1, 0.15) is 0 Å². The number of rotatable bonds is 6. The molecular formula is C27H30ClN3O2. The molecule has 0 aliphatic carbocycles. The molecule has 172 valence electrons. The van der Waals surface area contributed by atoms with E-state index in [1.54, 1.807) is 0 Å².